The van der Waals surface area contributed by atoms with Gasteiger partial charge in [-0.05, 0) is 50.3 Å². The average molecular weight is 362 g/mol. The molecule has 1 atom stereocenters. The summed E-state index contributed by atoms with van der Waals surface area (Å²) in [6, 6.07) is 8.53. The molecule has 27 heavy (non-hydrogen) atoms. The van der Waals surface area contributed by atoms with Gasteiger partial charge < -0.3 is 10.2 Å². The summed E-state index contributed by atoms with van der Waals surface area (Å²) in [5.74, 6) is 0.766. The average Bonchev–Trinajstić information content (AvgIpc) is 3.34. The molecule has 3 aromatic rings. The van der Waals surface area contributed by atoms with Crippen molar-refractivity contribution in [2.24, 2.45) is 0 Å². The van der Waals surface area contributed by atoms with E-state index in [1.807, 2.05) is 12.3 Å². The minimum absolute atomic E-state index is 0.110. The van der Waals surface area contributed by atoms with Crippen molar-refractivity contribution in [3.8, 4) is 0 Å². The fourth-order valence-electron chi connectivity index (χ4n) is 4.08. The fraction of sp³-hybridized carbons (Fsp3) is 0.400. The lowest BCUT2D eigenvalue weighted by Crippen LogP contribution is -2.25. The molecule has 1 N–H and O–H groups in total. The van der Waals surface area contributed by atoms with Gasteiger partial charge in [-0.1, -0.05) is 6.07 Å². The largest absolute Gasteiger partial charge is 0.352 e. The molecule has 7 nitrogen and oxygen atoms in total. The number of hydrogen-bond donors (Lipinski definition) is 1. The topological polar surface area (TPSA) is 75.4 Å². The van der Waals surface area contributed by atoms with Gasteiger partial charge in [0.2, 0.25) is 0 Å². The zero-order valence-electron chi connectivity index (χ0n) is 15.1. The summed E-state index contributed by atoms with van der Waals surface area (Å²) in [6.07, 6.45) is 8.51. The highest BCUT2D eigenvalue weighted by Crippen LogP contribution is 2.34. The normalized spacial score (nSPS) is 20.2. The van der Waals surface area contributed by atoms with E-state index < -0.39 is 0 Å². The van der Waals surface area contributed by atoms with Gasteiger partial charge in [-0.2, -0.15) is 5.10 Å². The Hall–Kier alpha value is -2.96. The summed E-state index contributed by atoms with van der Waals surface area (Å²) in [6.45, 7) is 1.58. The van der Waals surface area contributed by atoms with E-state index in [9.17, 15) is 4.79 Å². The molecule has 0 saturated carbocycles. The molecule has 138 valence electrons. The van der Waals surface area contributed by atoms with Gasteiger partial charge in [-0.25, -0.2) is 9.50 Å². The van der Waals surface area contributed by atoms with Crippen LogP contribution in [0.25, 0.3) is 5.65 Å². The zero-order valence-corrected chi connectivity index (χ0v) is 15.1. The van der Waals surface area contributed by atoms with Crippen LogP contribution in [0.3, 0.4) is 0 Å². The fourth-order valence-corrected chi connectivity index (χ4v) is 4.08. The molecular formula is C20H22N6O. The molecule has 2 aliphatic rings. The molecule has 2 aliphatic heterocycles. The number of fused-ring (bicyclic) bond motifs is 6. The molecule has 0 aliphatic carbocycles. The Morgan fingerprint density at radius 2 is 2.07 bits per heavy atom. The van der Waals surface area contributed by atoms with E-state index in [1.54, 1.807) is 10.7 Å². The second-order valence-corrected chi connectivity index (χ2v) is 7.23. The molecule has 0 aromatic carbocycles. The number of hydrogen-bond acceptors (Lipinski definition) is 5. The number of pyridine rings is 1. The monoisotopic (exact) mass is 362 g/mol. The van der Waals surface area contributed by atoms with Gasteiger partial charge in [0.15, 0.2) is 5.65 Å². The third-order valence-electron chi connectivity index (χ3n) is 5.46. The van der Waals surface area contributed by atoms with Crippen LogP contribution in [-0.2, 0) is 6.42 Å². The van der Waals surface area contributed by atoms with Crippen molar-refractivity contribution in [3.63, 3.8) is 0 Å². The molecule has 4 bridgehead atoms. The smallest absolute Gasteiger partial charge is 0.256 e. The number of nitrogens with zero attached hydrogens (tertiary/aromatic N) is 5. The Balaban J connectivity index is 1.62. The summed E-state index contributed by atoms with van der Waals surface area (Å²) in [7, 11) is 0. The maximum Gasteiger partial charge on any atom is 0.256 e. The van der Waals surface area contributed by atoms with Gasteiger partial charge in [0.25, 0.3) is 5.91 Å². The number of aromatic nitrogens is 4. The van der Waals surface area contributed by atoms with E-state index in [0.29, 0.717) is 17.8 Å². The van der Waals surface area contributed by atoms with Crippen LogP contribution >= 0.6 is 0 Å². The van der Waals surface area contributed by atoms with Crippen LogP contribution in [0.2, 0.25) is 0 Å². The van der Waals surface area contributed by atoms with Crippen LogP contribution < -0.4 is 10.2 Å². The van der Waals surface area contributed by atoms with E-state index in [2.05, 4.69) is 33.5 Å². The Bertz CT molecular complexity index is 997. The summed E-state index contributed by atoms with van der Waals surface area (Å²) >= 11 is 0. The Labute approximate surface area is 157 Å². The SMILES string of the molecule is O=C1NCCCCc2cccc(n2)[C@H]2CCCN2c2ccn3ncc1c3n2. The summed E-state index contributed by atoms with van der Waals surface area (Å²) in [5, 5.41) is 7.28. The highest BCUT2D eigenvalue weighted by atomic mass is 16.1. The van der Waals surface area contributed by atoms with E-state index in [1.165, 1.54) is 0 Å². The van der Waals surface area contributed by atoms with Crippen LogP contribution in [0, 0.1) is 0 Å². The van der Waals surface area contributed by atoms with Crippen LogP contribution in [0.4, 0.5) is 5.82 Å². The van der Waals surface area contributed by atoms with Crippen LogP contribution in [0.5, 0.6) is 0 Å². The molecule has 1 amide bonds. The molecule has 0 unspecified atom stereocenters. The first-order valence-electron chi connectivity index (χ1n) is 9.65. The lowest BCUT2D eigenvalue weighted by Gasteiger charge is -2.25. The number of nitrogens with one attached hydrogen (secondary N) is 1. The second-order valence-electron chi connectivity index (χ2n) is 7.23. The van der Waals surface area contributed by atoms with Gasteiger partial charge in [-0.3, -0.25) is 9.78 Å². The lowest BCUT2D eigenvalue weighted by molar-refractivity contribution is 0.0954. The van der Waals surface area contributed by atoms with Gasteiger partial charge in [-0.15, -0.1) is 0 Å². The van der Waals surface area contributed by atoms with E-state index in [0.717, 1.165) is 55.9 Å². The van der Waals surface area contributed by atoms with Crippen LogP contribution in [0.1, 0.15) is 53.5 Å². The van der Waals surface area contributed by atoms with Crippen molar-refractivity contribution in [2.75, 3.05) is 18.0 Å². The number of carbonyl (C=O) groups is 1. The van der Waals surface area contributed by atoms with Gasteiger partial charge >= 0.3 is 0 Å². The molecule has 1 fully saturated rings. The maximum atomic E-state index is 12.6. The molecule has 0 radical (unpaired) electrons. The third-order valence-corrected chi connectivity index (χ3v) is 5.46. The summed E-state index contributed by atoms with van der Waals surface area (Å²) < 4.78 is 1.67. The number of anilines is 1. The second kappa shape index (κ2) is 6.64. The number of carbonyl (C=O) groups excluding carboxylic acids is 1. The molecular weight excluding hydrogens is 340 g/mol. The Morgan fingerprint density at radius 1 is 1.11 bits per heavy atom. The van der Waals surface area contributed by atoms with E-state index in [-0.39, 0.29) is 11.9 Å². The van der Waals surface area contributed by atoms with Crippen molar-refractivity contribution in [3.05, 3.63) is 53.6 Å². The number of aryl methyl sites for hydroxylation is 1. The van der Waals surface area contributed by atoms with Gasteiger partial charge in [0.05, 0.1) is 17.9 Å². The predicted octanol–water partition coefficient (Wildman–Crippen LogP) is 2.53. The quantitative estimate of drug-likeness (QED) is 0.665. The van der Waals surface area contributed by atoms with Crippen molar-refractivity contribution >= 4 is 17.4 Å². The Kier molecular flexibility index (Phi) is 3.99. The lowest BCUT2D eigenvalue weighted by atomic mass is 10.1. The highest BCUT2D eigenvalue weighted by molar-refractivity contribution is 5.99. The van der Waals surface area contributed by atoms with Crippen molar-refractivity contribution in [2.45, 2.75) is 38.1 Å². The van der Waals surface area contributed by atoms with E-state index >= 15 is 0 Å². The first-order valence-corrected chi connectivity index (χ1v) is 9.65. The summed E-state index contributed by atoms with van der Waals surface area (Å²) in [5.41, 5.74) is 3.37. The van der Waals surface area contributed by atoms with Gasteiger partial charge in [0.1, 0.15) is 11.4 Å². The first kappa shape index (κ1) is 16.2. The maximum absolute atomic E-state index is 12.6. The zero-order chi connectivity index (χ0) is 18.2. The highest BCUT2D eigenvalue weighted by Gasteiger charge is 2.29. The Morgan fingerprint density at radius 3 is 3.04 bits per heavy atom. The summed E-state index contributed by atoms with van der Waals surface area (Å²) in [4.78, 5) is 24.6. The minimum Gasteiger partial charge on any atom is -0.352 e. The first-order chi connectivity index (χ1) is 13.3. The number of rotatable bonds is 0. The molecule has 5 heterocycles. The van der Waals surface area contributed by atoms with E-state index in [4.69, 9.17) is 9.97 Å². The molecule has 1 saturated heterocycles. The molecule has 7 heteroatoms. The van der Waals surface area contributed by atoms with Crippen molar-refractivity contribution in [1.82, 2.24) is 24.9 Å². The van der Waals surface area contributed by atoms with Crippen LogP contribution in [-0.4, -0.2) is 38.6 Å². The van der Waals surface area contributed by atoms with Crippen molar-refractivity contribution < 1.29 is 4.79 Å². The van der Waals surface area contributed by atoms with Crippen molar-refractivity contribution in [1.29, 1.82) is 0 Å². The minimum atomic E-state index is -0.110. The number of amides is 1. The standard InChI is InChI=1S/C20H22N6O/c27-20-15-13-22-26-12-9-18(24-19(15)26)25-11-4-8-17(25)16-7-3-6-14(23-16)5-1-2-10-21-20/h3,6-7,9,12-13,17H,1-2,4-5,8,10-11H2,(H,21,27)/t17-/m1/s1. The molecule has 0 spiro atoms. The molecule has 3 aromatic heterocycles. The molecule has 5 rings (SSSR count). The third kappa shape index (κ3) is 2.93. The van der Waals surface area contributed by atoms with Gasteiger partial charge in [0, 0.05) is 25.0 Å². The predicted molar refractivity (Wildman–Crippen MR) is 102 cm³/mol. The van der Waals surface area contributed by atoms with Crippen LogP contribution in [0.15, 0.2) is 36.7 Å².